The number of rotatable bonds is 6. The van der Waals surface area contributed by atoms with Crippen LogP contribution in [0.3, 0.4) is 0 Å². The molecule has 2 aliphatic heterocycles. The molecule has 1 spiro atoms. The highest BCUT2D eigenvalue weighted by atomic mass is 19.3. The molecule has 0 aliphatic carbocycles. The van der Waals surface area contributed by atoms with Crippen molar-refractivity contribution in [2.45, 2.75) is 64.8 Å². The predicted molar refractivity (Wildman–Crippen MR) is 124 cm³/mol. The lowest BCUT2D eigenvalue weighted by atomic mass is 9.87. The van der Waals surface area contributed by atoms with E-state index in [9.17, 15) is 13.6 Å². The monoisotopic (exact) mass is 476 g/mol. The normalized spacial score (nSPS) is 20.9. The highest BCUT2D eigenvalue weighted by Gasteiger charge is 2.45. The van der Waals surface area contributed by atoms with E-state index in [1.165, 1.54) is 0 Å². The van der Waals surface area contributed by atoms with Crippen LogP contribution >= 0.6 is 0 Å². The molecule has 0 saturated carbocycles. The molecule has 2 saturated heterocycles. The first-order chi connectivity index (χ1) is 16.2. The van der Waals surface area contributed by atoms with Crippen LogP contribution in [0.5, 0.6) is 5.75 Å². The smallest absolute Gasteiger partial charge is 0.253 e. The van der Waals surface area contributed by atoms with Gasteiger partial charge in [0, 0.05) is 31.7 Å². The van der Waals surface area contributed by atoms with Crippen LogP contribution in [0.25, 0.3) is 0 Å². The topological polar surface area (TPSA) is 70.7 Å². The van der Waals surface area contributed by atoms with Gasteiger partial charge >= 0.3 is 0 Å². The molecule has 1 aromatic carbocycles. The molecule has 1 unspecified atom stereocenters. The van der Waals surface area contributed by atoms with E-state index in [4.69, 9.17) is 9.47 Å². The first-order valence-electron chi connectivity index (χ1n) is 11.9. The van der Waals surface area contributed by atoms with Crippen LogP contribution in [-0.4, -0.2) is 76.8 Å². The van der Waals surface area contributed by atoms with Crippen molar-refractivity contribution in [2.75, 3.05) is 32.7 Å². The highest BCUT2D eigenvalue weighted by Crippen LogP contribution is 2.38. The zero-order valence-electron chi connectivity index (χ0n) is 20.3. The lowest BCUT2D eigenvalue weighted by Crippen LogP contribution is -2.58. The number of carbonyl (C=O) groups excluding carboxylic acids is 1. The van der Waals surface area contributed by atoms with E-state index >= 15 is 0 Å². The number of piperidine rings is 1. The Morgan fingerprint density at radius 1 is 1.26 bits per heavy atom. The number of ether oxygens (including phenoxy) is 2. The summed E-state index contributed by atoms with van der Waals surface area (Å²) in [6.07, 6.45) is 0.205. The van der Waals surface area contributed by atoms with Crippen LogP contribution in [-0.2, 0) is 4.74 Å². The molecule has 1 amide bonds. The Morgan fingerprint density at radius 3 is 2.59 bits per heavy atom. The van der Waals surface area contributed by atoms with E-state index in [-0.39, 0.29) is 24.7 Å². The number of hydrogen-bond acceptors (Lipinski definition) is 5. The molecule has 3 heterocycles. The maximum atomic E-state index is 13.2. The Bertz CT molecular complexity index is 1000. The molecule has 0 radical (unpaired) electrons. The third-order valence-corrected chi connectivity index (χ3v) is 6.66. The number of benzene rings is 1. The summed E-state index contributed by atoms with van der Waals surface area (Å²) in [4.78, 5) is 16.8. The van der Waals surface area contributed by atoms with Crippen LogP contribution in [0.15, 0.2) is 24.4 Å². The second-order valence-electron chi connectivity index (χ2n) is 9.78. The van der Waals surface area contributed by atoms with E-state index < -0.39 is 12.0 Å². The van der Waals surface area contributed by atoms with Gasteiger partial charge in [-0.05, 0) is 69.9 Å². The second kappa shape index (κ2) is 10.00. The van der Waals surface area contributed by atoms with Crippen molar-refractivity contribution in [3.05, 3.63) is 46.8 Å². The van der Waals surface area contributed by atoms with Crippen LogP contribution in [0, 0.1) is 13.8 Å². The molecule has 2 aliphatic rings. The van der Waals surface area contributed by atoms with Gasteiger partial charge in [0.1, 0.15) is 11.9 Å². The van der Waals surface area contributed by atoms with Gasteiger partial charge in [-0.25, -0.2) is 8.78 Å². The first-order valence-corrected chi connectivity index (χ1v) is 11.9. The number of carbonyl (C=O) groups is 1. The minimum atomic E-state index is -2.41. The van der Waals surface area contributed by atoms with Crippen molar-refractivity contribution in [3.63, 3.8) is 0 Å². The largest absolute Gasteiger partial charge is 0.491 e. The minimum absolute atomic E-state index is 0.0322. The molecule has 9 heteroatoms. The van der Waals surface area contributed by atoms with Crippen LogP contribution in [0.1, 0.15) is 60.0 Å². The number of alkyl halides is 2. The Labute approximate surface area is 199 Å². The van der Waals surface area contributed by atoms with Crippen molar-refractivity contribution in [2.24, 2.45) is 0 Å². The molecule has 34 heavy (non-hydrogen) atoms. The highest BCUT2D eigenvalue weighted by molar-refractivity contribution is 5.94. The Kier molecular flexibility index (Phi) is 7.23. The summed E-state index contributed by atoms with van der Waals surface area (Å²) in [5.74, 6) is 0.745. The first kappa shape index (κ1) is 24.6. The van der Waals surface area contributed by atoms with Crippen molar-refractivity contribution in [1.82, 2.24) is 20.0 Å². The SMILES string of the molecule is Cc1cc(C(=O)N2CCC3(CC2)CN(CC(F)F)CC(c2[nH]ncc2C)O3)ccc1OC(C)C. The number of H-pyrrole nitrogens is 1. The molecule has 186 valence electrons. The van der Waals surface area contributed by atoms with Gasteiger partial charge in [-0.2, -0.15) is 5.10 Å². The molecule has 0 bridgehead atoms. The number of aromatic amines is 1. The maximum absolute atomic E-state index is 13.2. The fraction of sp³-hybridized carbons (Fsp3) is 0.600. The third-order valence-electron chi connectivity index (χ3n) is 6.66. The second-order valence-corrected chi connectivity index (χ2v) is 9.78. The van der Waals surface area contributed by atoms with Crippen LogP contribution < -0.4 is 4.74 Å². The molecule has 2 fully saturated rings. The average Bonchev–Trinajstić information content (AvgIpc) is 3.20. The summed E-state index contributed by atoms with van der Waals surface area (Å²) in [5.41, 5.74) is 2.75. The summed E-state index contributed by atoms with van der Waals surface area (Å²) >= 11 is 0. The minimum Gasteiger partial charge on any atom is -0.491 e. The van der Waals surface area contributed by atoms with E-state index in [0.29, 0.717) is 44.6 Å². The molecule has 2 aromatic rings. The number of aryl methyl sites for hydroxylation is 2. The summed E-state index contributed by atoms with van der Waals surface area (Å²) < 4.78 is 38.8. The number of nitrogens with zero attached hydrogens (tertiary/aromatic N) is 3. The quantitative estimate of drug-likeness (QED) is 0.679. The zero-order valence-corrected chi connectivity index (χ0v) is 20.3. The number of halogens is 2. The third kappa shape index (κ3) is 5.41. The molecule has 1 atom stereocenters. The van der Waals surface area contributed by atoms with Crippen molar-refractivity contribution in [1.29, 1.82) is 0 Å². The lowest BCUT2D eigenvalue weighted by molar-refractivity contribution is -0.181. The Balaban J connectivity index is 1.45. The molecule has 1 aromatic heterocycles. The number of nitrogens with one attached hydrogen (secondary N) is 1. The zero-order chi connectivity index (χ0) is 24.5. The number of morpholine rings is 1. The predicted octanol–water partition coefficient (Wildman–Crippen LogP) is 4.13. The maximum Gasteiger partial charge on any atom is 0.253 e. The molecular formula is C25H34F2N4O3. The van der Waals surface area contributed by atoms with Crippen molar-refractivity contribution < 1.29 is 23.0 Å². The number of amides is 1. The van der Waals surface area contributed by atoms with E-state index in [2.05, 4.69) is 10.2 Å². The van der Waals surface area contributed by atoms with Gasteiger partial charge in [0.15, 0.2) is 0 Å². The van der Waals surface area contributed by atoms with Crippen molar-refractivity contribution in [3.8, 4) is 5.75 Å². The van der Waals surface area contributed by atoms with Gasteiger partial charge in [-0.15, -0.1) is 0 Å². The molecular weight excluding hydrogens is 442 g/mol. The van der Waals surface area contributed by atoms with Gasteiger partial charge in [0.05, 0.1) is 30.1 Å². The number of aromatic nitrogens is 2. The number of hydrogen-bond donors (Lipinski definition) is 1. The summed E-state index contributed by atoms with van der Waals surface area (Å²) in [6.45, 7) is 9.36. The van der Waals surface area contributed by atoms with Gasteiger partial charge in [0.25, 0.3) is 12.3 Å². The van der Waals surface area contributed by atoms with Crippen LogP contribution in [0.4, 0.5) is 8.78 Å². The van der Waals surface area contributed by atoms with E-state index in [1.54, 1.807) is 17.2 Å². The lowest BCUT2D eigenvalue weighted by Gasteiger charge is -2.50. The standard InChI is InChI=1S/C25H34F2N4O3/c1-16(2)33-20-6-5-19(11-17(20)3)24(32)31-9-7-25(8-10-31)15-30(14-22(26)27)13-21(34-25)23-18(4)12-28-29-23/h5-6,11-12,16,21-22H,7-10,13-15H2,1-4H3,(H,28,29). The Morgan fingerprint density at radius 2 is 2.00 bits per heavy atom. The summed E-state index contributed by atoms with van der Waals surface area (Å²) in [5, 5.41) is 7.06. The molecule has 7 nitrogen and oxygen atoms in total. The van der Waals surface area contributed by atoms with Gasteiger partial charge in [-0.3, -0.25) is 14.8 Å². The molecule has 1 N–H and O–H groups in total. The van der Waals surface area contributed by atoms with E-state index in [1.807, 2.05) is 44.7 Å². The van der Waals surface area contributed by atoms with Gasteiger partial charge in [-0.1, -0.05) is 0 Å². The fourth-order valence-corrected chi connectivity index (χ4v) is 4.99. The number of likely N-dealkylation sites (tertiary alicyclic amines) is 1. The van der Waals surface area contributed by atoms with Crippen molar-refractivity contribution >= 4 is 5.91 Å². The summed E-state index contributed by atoms with van der Waals surface area (Å²) in [7, 11) is 0. The van der Waals surface area contributed by atoms with E-state index in [0.717, 1.165) is 22.6 Å². The average molecular weight is 477 g/mol. The summed E-state index contributed by atoms with van der Waals surface area (Å²) in [6, 6.07) is 5.51. The Hall–Kier alpha value is -2.52. The van der Waals surface area contributed by atoms with Gasteiger partial charge < -0.3 is 14.4 Å². The fourth-order valence-electron chi connectivity index (χ4n) is 4.99. The molecule has 4 rings (SSSR count). The van der Waals surface area contributed by atoms with Crippen LogP contribution in [0.2, 0.25) is 0 Å². The van der Waals surface area contributed by atoms with Gasteiger partial charge in [0.2, 0.25) is 0 Å².